The number of halogens is 1. The van der Waals surface area contributed by atoms with Gasteiger partial charge in [0, 0.05) is 53.9 Å². The third kappa shape index (κ3) is 3.72. The van der Waals surface area contributed by atoms with Gasteiger partial charge in [0.25, 0.3) is 0 Å². The van der Waals surface area contributed by atoms with Crippen molar-refractivity contribution >= 4 is 11.7 Å². The van der Waals surface area contributed by atoms with Crippen molar-refractivity contribution in [2.45, 2.75) is 25.9 Å². The van der Waals surface area contributed by atoms with Gasteiger partial charge in [-0.05, 0) is 37.3 Å². The van der Waals surface area contributed by atoms with E-state index >= 15 is 4.39 Å². The van der Waals surface area contributed by atoms with E-state index in [1.807, 2.05) is 13.0 Å². The molecule has 3 heterocycles. The van der Waals surface area contributed by atoms with Crippen LogP contribution in [-0.4, -0.2) is 30.8 Å². The second kappa shape index (κ2) is 8.10. The average Bonchev–Trinajstić information content (AvgIpc) is 3.39. The van der Waals surface area contributed by atoms with E-state index in [1.54, 1.807) is 58.2 Å². The summed E-state index contributed by atoms with van der Waals surface area (Å²) in [5.41, 5.74) is 8.40. The maximum atomic E-state index is 15.1. The van der Waals surface area contributed by atoms with Crippen LogP contribution in [0.3, 0.4) is 0 Å². The molecule has 4 aromatic rings. The Balaban J connectivity index is 1.45. The quantitative estimate of drug-likeness (QED) is 0.503. The van der Waals surface area contributed by atoms with Gasteiger partial charge in [0.2, 0.25) is 5.91 Å². The molecule has 1 amide bonds. The Bertz CT molecular complexity index is 1390. The van der Waals surface area contributed by atoms with Crippen LogP contribution in [0, 0.1) is 12.7 Å². The molecule has 5 rings (SSSR count). The van der Waals surface area contributed by atoms with Gasteiger partial charge in [-0.3, -0.25) is 14.2 Å². The van der Waals surface area contributed by atoms with Crippen LogP contribution in [0.15, 0.2) is 61.2 Å². The third-order valence-corrected chi connectivity index (χ3v) is 5.89. The van der Waals surface area contributed by atoms with Crippen LogP contribution in [0.5, 0.6) is 0 Å². The van der Waals surface area contributed by atoms with Crippen LogP contribution in [0.2, 0.25) is 0 Å². The maximum absolute atomic E-state index is 15.1. The first-order chi connectivity index (χ1) is 15.9. The first-order valence-electron chi connectivity index (χ1n) is 10.4. The number of amides is 1. The van der Waals surface area contributed by atoms with E-state index in [2.05, 4.69) is 15.3 Å². The van der Waals surface area contributed by atoms with Gasteiger partial charge in [-0.25, -0.2) is 14.4 Å². The lowest BCUT2D eigenvalue weighted by Gasteiger charge is -2.17. The Morgan fingerprint density at radius 3 is 2.70 bits per heavy atom. The Kier molecular flexibility index (Phi) is 5.10. The van der Waals surface area contributed by atoms with Crippen molar-refractivity contribution in [3.63, 3.8) is 0 Å². The SMILES string of the molecule is Cc1nccn1-c1ccc(C2CC(=O)c3c(ncn3-c3cccc(C(N)=O)c3)CN2)c(F)c1. The lowest BCUT2D eigenvalue weighted by atomic mass is 10.00. The summed E-state index contributed by atoms with van der Waals surface area (Å²) < 4.78 is 18.5. The predicted octanol–water partition coefficient (Wildman–Crippen LogP) is 3.02. The minimum Gasteiger partial charge on any atom is -0.366 e. The maximum Gasteiger partial charge on any atom is 0.248 e. The lowest BCUT2D eigenvalue weighted by Crippen LogP contribution is -2.22. The zero-order chi connectivity index (χ0) is 23.1. The molecule has 0 bridgehead atoms. The van der Waals surface area contributed by atoms with E-state index in [-0.39, 0.29) is 12.2 Å². The number of fused-ring (bicyclic) bond motifs is 1. The van der Waals surface area contributed by atoms with Crippen LogP contribution in [0.25, 0.3) is 11.4 Å². The Labute approximate surface area is 188 Å². The highest BCUT2D eigenvalue weighted by Gasteiger charge is 2.29. The van der Waals surface area contributed by atoms with E-state index in [0.29, 0.717) is 40.4 Å². The molecule has 0 saturated heterocycles. The molecule has 1 aliphatic rings. The molecule has 0 aliphatic carbocycles. The minimum atomic E-state index is -0.555. The zero-order valence-electron chi connectivity index (χ0n) is 17.8. The molecule has 8 nitrogen and oxygen atoms in total. The monoisotopic (exact) mass is 444 g/mol. The normalized spacial score (nSPS) is 15.8. The van der Waals surface area contributed by atoms with Gasteiger partial charge in [-0.2, -0.15) is 0 Å². The van der Waals surface area contributed by atoms with Crippen LogP contribution in [0.4, 0.5) is 4.39 Å². The summed E-state index contributed by atoms with van der Waals surface area (Å²) in [6.07, 6.45) is 5.04. The molecule has 0 saturated carbocycles. The van der Waals surface area contributed by atoms with E-state index in [4.69, 9.17) is 5.73 Å². The van der Waals surface area contributed by atoms with Crippen molar-refractivity contribution in [1.82, 2.24) is 24.4 Å². The number of imidazole rings is 2. The van der Waals surface area contributed by atoms with Gasteiger partial charge in [0.15, 0.2) is 5.78 Å². The topological polar surface area (TPSA) is 108 Å². The smallest absolute Gasteiger partial charge is 0.248 e. The number of hydrogen-bond acceptors (Lipinski definition) is 5. The van der Waals surface area contributed by atoms with E-state index in [1.165, 1.54) is 6.07 Å². The molecule has 0 radical (unpaired) electrons. The Morgan fingerprint density at radius 2 is 1.97 bits per heavy atom. The minimum absolute atomic E-state index is 0.0641. The summed E-state index contributed by atoms with van der Waals surface area (Å²) in [6, 6.07) is 11.1. The number of rotatable bonds is 4. The van der Waals surface area contributed by atoms with Gasteiger partial charge in [-0.1, -0.05) is 12.1 Å². The Morgan fingerprint density at radius 1 is 1.15 bits per heavy atom. The van der Waals surface area contributed by atoms with Crippen LogP contribution in [-0.2, 0) is 6.54 Å². The summed E-state index contributed by atoms with van der Waals surface area (Å²) in [4.78, 5) is 33.4. The fourth-order valence-electron chi connectivity index (χ4n) is 4.21. The number of nitrogens with one attached hydrogen (secondary N) is 1. The van der Waals surface area contributed by atoms with Gasteiger partial charge < -0.3 is 15.6 Å². The molecular weight excluding hydrogens is 423 g/mol. The first-order valence-corrected chi connectivity index (χ1v) is 10.4. The van der Waals surface area contributed by atoms with E-state index in [9.17, 15) is 9.59 Å². The predicted molar refractivity (Wildman–Crippen MR) is 119 cm³/mol. The second-order valence-corrected chi connectivity index (χ2v) is 7.94. The molecule has 1 aliphatic heterocycles. The first kappa shape index (κ1) is 20.8. The number of Topliss-reactive ketones (excluding diaryl/α,β-unsaturated/α-hetero) is 1. The number of hydrogen-bond donors (Lipinski definition) is 2. The standard InChI is InChI=1S/C24H21FN6O2/c1-14-27-7-8-30(14)17-5-6-18(19(25)10-17)20-11-22(32)23-21(12-28-20)29-13-31(23)16-4-2-3-15(9-16)24(26)33/h2-10,13,20,28H,11-12H2,1H3,(H2,26,33). The number of nitrogens with two attached hydrogens (primary N) is 1. The molecule has 0 fully saturated rings. The molecule has 3 N–H and O–H groups in total. The van der Waals surface area contributed by atoms with E-state index in [0.717, 1.165) is 5.82 Å². The number of primary amides is 1. The largest absolute Gasteiger partial charge is 0.366 e. The highest BCUT2D eigenvalue weighted by molar-refractivity contribution is 5.97. The summed E-state index contributed by atoms with van der Waals surface area (Å²) >= 11 is 0. The fraction of sp³-hybridized carbons (Fsp3) is 0.167. The lowest BCUT2D eigenvalue weighted by molar-refractivity contribution is 0.0964. The zero-order valence-corrected chi connectivity index (χ0v) is 17.8. The number of carbonyl (C=O) groups is 2. The summed E-state index contributed by atoms with van der Waals surface area (Å²) in [6.45, 7) is 2.14. The number of carbonyl (C=O) groups excluding carboxylic acids is 2. The molecular formula is C24H21FN6O2. The van der Waals surface area contributed by atoms with Gasteiger partial charge in [-0.15, -0.1) is 0 Å². The van der Waals surface area contributed by atoms with Gasteiger partial charge in [0.05, 0.1) is 5.69 Å². The Hall–Kier alpha value is -4.11. The van der Waals surface area contributed by atoms with Crippen molar-refractivity contribution in [3.05, 3.63) is 95.3 Å². The molecule has 2 aromatic carbocycles. The van der Waals surface area contributed by atoms with Crippen LogP contribution in [0.1, 0.15) is 50.4 Å². The molecule has 0 spiro atoms. The summed E-state index contributed by atoms with van der Waals surface area (Å²) in [7, 11) is 0. The number of aryl methyl sites for hydroxylation is 1. The molecule has 1 unspecified atom stereocenters. The summed E-state index contributed by atoms with van der Waals surface area (Å²) in [5, 5.41) is 3.26. The van der Waals surface area contributed by atoms with Gasteiger partial charge >= 0.3 is 0 Å². The molecule has 33 heavy (non-hydrogen) atoms. The number of benzene rings is 2. The van der Waals surface area contributed by atoms with Crippen LogP contribution >= 0.6 is 0 Å². The van der Waals surface area contributed by atoms with Crippen molar-refractivity contribution in [2.75, 3.05) is 0 Å². The molecule has 2 aromatic heterocycles. The molecule has 1 atom stereocenters. The fourth-order valence-corrected chi connectivity index (χ4v) is 4.21. The van der Waals surface area contributed by atoms with Gasteiger partial charge in [0.1, 0.15) is 23.7 Å². The third-order valence-electron chi connectivity index (χ3n) is 5.89. The van der Waals surface area contributed by atoms with Crippen molar-refractivity contribution in [1.29, 1.82) is 0 Å². The highest BCUT2D eigenvalue weighted by atomic mass is 19.1. The highest BCUT2D eigenvalue weighted by Crippen LogP contribution is 2.29. The number of nitrogens with zero attached hydrogens (tertiary/aromatic N) is 4. The molecule has 166 valence electrons. The second-order valence-electron chi connectivity index (χ2n) is 7.94. The van der Waals surface area contributed by atoms with Crippen molar-refractivity contribution < 1.29 is 14.0 Å². The summed E-state index contributed by atoms with van der Waals surface area (Å²) in [5.74, 6) is -0.372. The van der Waals surface area contributed by atoms with Crippen molar-refractivity contribution in [2.24, 2.45) is 5.73 Å². The number of aromatic nitrogens is 4. The average molecular weight is 444 g/mol. The van der Waals surface area contributed by atoms with Crippen molar-refractivity contribution in [3.8, 4) is 11.4 Å². The van der Waals surface area contributed by atoms with Crippen LogP contribution < -0.4 is 11.1 Å². The number of ketones is 1. The van der Waals surface area contributed by atoms with E-state index < -0.39 is 17.8 Å². The molecule has 9 heteroatoms.